The maximum atomic E-state index is 11.7. The lowest BCUT2D eigenvalue weighted by Crippen LogP contribution is -2.61. The molecular weight excluding hydrogens is 426 g/mol. The second-order valence-corrected chi connectivity index (χ2v) is 7.02. The smallest absolute Gasteiger partial charge is 0.345 e. The number of amides is 1. The molecule has 1 saturated heterocycles. The fourth-order valence-electron chi connectivity index (χ4n) is 2.69. The molecule has 1 aliphatic heterocycles. The molecule has 14 heteroatoms. The van der Waals surface area contributed by atoms with Crippen molar-refractivity contribution < 1.29 is 44.4 Å². The van der Waals surface area contributed by atoms with Crippen molar-refractivity contribution in [3.63, 3.8) is 0 Å². The summed E-state index contributed by atoms with van der Waals surface area (Å²) in [5.41, 5.74) is 0.0556. The van der Waals surface area contributed by atoms with Crippen molar-refractivity contribution in [2.75, 3.05) is 4.90 Å². The maximum absolute atomic E-state index is 11.7. The Morgan fingerprint density at radius 2 is 1.97 bits per heavy atom. The number of hydrogen-bond donors (Lipinski definition) is 4. The number of aromatic nitrogens is 1. The molecule has 1 aliphatic rings. The van der Waals surface area contributed by atoms with Gasteiger partial charge in [-0.05, 0) is 23.5 Å². The molecule has 1 aromatic heterocycles. The molecule has 4 N–H and O–H groups in total. The van der Waals surface area contributed by atoms with E-state index in [9.17, 15) is 35.0 Å². The highest BCUT2D eigenvalue weighted by molar-refractivity contribution is 7.18. The minimum Gasteiger partial charge on any atom is -0.479 e. The number of ether oxygens (including phenoxy) is 2. The Balaban J connectivity index is 1.91. The first kappa shape index (κ1) is 21.5. The summed E-state index contributed by atoms with van der Waals surface area (Å²) in [6.07, 6.45) is -7.84. The summed E-state index contributed by atoms with van der Waals surface area (Å²) in [4.78, 5) is 37.9. The number of anilines is 2. The van der Waals surface area contributed by atoms with E-state index in [1.807, 2.05) is 0 Å². The third-order valence-electron chi connectivity index (χ3n) is 4.15. The number of para-hydroxylation sites is 2. The number of nitrogens with zero attached hydrogens (tertiary/aromatic N) is 3. The first-order valence-electron chi connectivity index (χ1n) is 8.27. The van der Waals surface area contributed by atoms with Crippen LogP contribution in [0.2, 0.25) is 0 Å². The van der Waals surface area contributed by atoms with E-state index >= 15 is 0 Å². The number of carboxylic acids is 1. The third-order valence-corrected chi connectivity index (χ3v) is 5.10. The van der Waals surface area contributed by atoms with Crippen LogP contribution in [0.4, 0.5) is 15.8 Å². The lowest BCUT2D eigenvalue weighted by molar-refractivity contribution is -0.380. The monoisotopic (exact) mass is 441 g/mol. The highest BCUT2D eigenvalue weighted by Crippen LogP contribution is 2.38. The molecule has 0 radical (unpaired) electrons. The van der Waals surface area contributed by atoms with Gasteiger partial charge in [-0.25, -0.2) is 9.78 Å². The van der Waals surface area contributed by atoms with E-state index in [2.05, 4.69) is 4.98 Å². The Morgan fingerprint density at radius 3 is 2.57 bits per heavy atom. The summed E-state index contributed by atoms with van der Waals surface area (Å²) < 4.78 is 10.6. The predicted octanol–water partition coefficient (Wildman–Crippen LogP) is -0.383. The summed E-state index contributed by atoms with van der Waals surface area (Å²) in [5.74, 6) is -1.67. The van der Waals surface area contributed by atoms with Crippen molar-refractivity contribution in [1.29, 1.82) is 0 Å². The lowest BCUT2D eigenvalue weighted by atomic mass is 9.99. The van der Waals surface area contributed by atoms with Crippen LogP contribution in [-0.2, 0) is 14.3 Å². The van der Waals surface area contributed by atoms with Gasteiger partial charge in [0.25, 0.3) is 0 Å². The van der Waals surface area contributed by atoms with Crippen LogP contribution >= 0.6 is 11.3 Å². The van der Waals surface area contributed by atoms with Crippen molar-refractivity contribution in [3.8, 4) is 5.75 Å². The number of carbonyl (C=O) groups excluding carboxylic acids is 1. The largest absolute Gasteiger partial charge is 0.479 e. The van der Waals surface area contributed by atoms with E-state index in [4.69, 9.17) is 14.6 Å². The number of nitro groups is 1. The molecule has 0 unspecified atom stereocenters. The van der Waals surface area contributed by atoms with Crippen LogP contribution in [0.3, 0.4) is 0 Å². The molecule has 1 aromatic carbocycles. The quantitative estimate of drug-likeness (QED) is 0.248. The Morgan fingerprint density at radius 1 is 1.27 bits per heavy atom. The van der Waals surface area contributed by atoms with Gasteiger partial charge >= 0.3 is 11.0 Å². The van der Waals surface area contributed by atoms with Crippen LogP contribution in [0.1, 0.15) is 0 Å². The summed E-state index contributed by atoms with van der Waals surface area (Å²) >= 11 is 0.626. The van der Waals surface area contributed by atoms with Gasteiger partial charge in [-0.1, -0.05) is 12.1 Å². The van der Waals surface area contributed by atoms with Gasteiger partial charge in [-0.3, -0.25) is 19.8 Å². The molecule has 160 valence electrons. The molecule has 5 atom stereocenters. The normalized spacial score (nSPS) is 26.0. The zero-order chi connectivity index (χ0) is 22.0. The average molecular weight is 441 g/mol. The highest BCUT2D eigenvalue weighted by atomic mass is 32.1. The first-order chi connectivity index (χ1) is 14.2. The van der Waals surface area contributed by atoms with Crippen LogP contribution in [-0.4, -0.2) is 73.4 Å². The molecule has 30 heavy (non-hydrogen) atoms. The molecule has 2 aromatic rings. The molecule has 0 aliphatic carbocycles. The number of benzene rings is 1. The number of aliphatic hydroxyl groups excluding tert-OH is 3. The van der Waals surface area contributed by atoms with E-state index in [0.29, 0.717) is 17.7 Å². The molecule has 1 fully saturated rings. The molecule has 0 bridgehead atoms. The van der Waals surface area contributed by atoms with Crippen LogP contribution in [0.25, 0.3) is 0 Å². The second kappa shape index (κ2) is 8.68. The topological polar surface area (TPSA) is 193 Å². The van der Waals surface area contributed by atoms with Gasteiger partial charge < -0.3 is 29.9 Å². The minimum absolute atomic E-state index is 0.0447. The molecule has 13 nitrogen and oxygen atoms in total. The Kier molecular flexibility index (Phi) is 6.23. The fourth-order valence-corrected chi connectivity index (χ4v) is 3.40. The van der Waals surface area contributed by atoms with Crippen LogP contribution in [0.5, 0.6) is 5.75 Å². The number of aliphatic carboxylic acids is 1. The van der Waals surface area contributed by atoms with Gasteiger partial charge in [0, 0.05) is 0 Å². The number of carbonyl (C=O) groups is 2. The molecule has 0 saturated carbocycles. The van der Waals surface area contributed by atoms with E-state index in [1.165, 1.54) is 24.3 Å². The van der Waals surface area contributed by atoms with Crippen LogP contribution in [0.15, 0.2) is 30.5 Å². The number of rotatable bonds is 7. The van der Waals surface area contributed by atoms with Crippen molar-refractivity contribution in [1.82, 2.24) is 4.98 Å². The Labute approximate surface area is 171 Å². The molecule has 3 rings (SSSR count). The zero-order valence-electron chi connectivity index (χ0n) is 14.8. The lowest BCUT2D eigenvalue weighted by Gasteiger charge is -2.38. The summed E-state index contributed by atoms with van der Waals surface area (Å²) in [5, 5.41) is 49.4. The fraction of sp³-hybridized carbons (Fsp3) is 0.312. The number of thiazole rings is 1. The van der Waals surface area contributed by atoms with Gasteiger partial charge in [-0.2, -0.15) is 0 Å². The van der Waals surface area contributed by atoms with E-state index < -0.39 is 41.6 Å². The molecular formula is C16H15N3O10S. The third kappa shape index (κ3) is 4.07. The van der Waals surface area contributed by atoms with Gasteiger partial charge in [0.2, 0.25) is 17.8 Å². The maximum Gasteiger partial charge on any atom is 0.345 e. The molecule has 1 amide bonds. The Hall–Kier alpha value is -3.17. The van der Waals surface area contributed by atoms with Crippen molar-refractivity contribution in [2.45, 2.75) is 30.7 Å². The standard InChI is InChI=1S/C16H15N3O10S/c20-6-18(16-17-5-9(30-16)19(26)27)7-3-1-2-4-8(7)28-15-12(23)10(21)11(22)13(29-15)14(24)25/h1-6,10-13,15,21-23H,(H,24,25)/t10-,11-,12+,13-,15+/m0/s1. The summed E-state index contributed by atoms with van der Waals surface area (Å²) in [6.45, 7) is 0. The number of aliphatic hydroxyl groups is 3. The Bertz CT molecular complexity index is 953. The number of carboxylic acid groups (broad SMARTS) is 1. The minimum atomic E-state index is -1.89. The second-order valence-electron chi connectivity index (χ2n) is 6.03. The number of hydrogen-bond acceptors (Lipinski definition) is 11. The average Bonchev–Trinajstić information content (AvgIpc) is 3.20. The van der Waals surface area contributed by atoms with Gasteiger partial charge in [-0.15, -0.1) is 0 Å². The summed E-state index contributed by atoms with van der Waals surface area (Å²) in [6, 6.07) is 5.79. The predicted molar refractivity (Wildman–Crippen MR) is 98.4 cm³/mol. The van der Waals surface area contributed by atoms with Crippen LogP contribution in [0, 0.1) is 10.1 Å². The first-order valence-corrected chi connectivity index (χ1v) is 9.09. The molecule has 0 spiro atoms. The SMILES string of the molecule is O=CN(c1ncc([N+](=O)[O-])s1)c1ccccc1O[C@@H]1O[C@H](C(=O)O)[C@@H](O)[C@H](O)[C@H]1O. The van der Waals surface area contributed by atoms with Crippen molar-refractivity contribution in [2.24, 2.45) is 0 Å². The van der Waals surface area contributed by atoms with E-state index in [1.54, 1.807) is 0 Å². The highest BCUT2D eigenvalue weighted by Gasteiger charge is 2.48. The van der Waals surface area contributed by atoms with E-state index in [0.717, 1.165) is 11.1 Å². The van der Waals surface area contributed by atoms with E-state index in [-0.39, 0.29) is 21.6 Å². The summed E-state index contributed by atoms with van der Waals surface area (Å²) in [7, 11) is 0. The van der Waals surface area contributed by atoms with Gasteiger partial charge in [0.15, 0.2) is 6.10 Å². The van der Waals surface area contributed by atoms with Crippen LogP contribution < -0.4 is 9.64 Å². The van der Waals surface area contributed by atoms with Crippen molar-refractivity contribution in [3.05, 3.63) is 40.6 Å². The van der Waals surface area contributed by atoms with Gasteiger partial charge in [0.05, 0.1) is 10.6 Å². The molecule has 2 heterocycles. The van der Waals surface area contributed by atoms with Gasteiger partial charge in [0.1, 0.15) is 30.3 Å². The van der Waals surface area contributed by atoms with Crippen molar-refractivity contribution >= 4 is 39.5 Å². The zero-order valence-corrected chi connectivity index (χ0v) is 15.7.